The van der Waals surface area contributed by atoms with Crippen molar-refractivity contribution in [3.63, 3.8) is 0 Å². The van der Waals surface area contributed by atoms with Crippen LogP contribution >= 0.6 is 11.6 Å². The molecule has 0 amide bonds. The largest absolute Gasteiger partial charge is 0.288 e. The van der Waals surface area contributed by atoms with Crippen molar-refractivity contribution in [3.05, 3.63) is 71.5 Å². The lowest BCUT2D eigenvalue weighted by molar-refractivity contribution is -0.110. The molecule has 5 nitrogen and oxygen atoms in total. The number of benzene rings is 1. The van der Waals surface area contributed by atoms with Crippen LogP contribution in [-0.4, -0.2) is 25.5 Å². The minimum Gasteiger partial charge on any atom is -0.288 e. The molecule has 0 fully saturated rings. The molecule has 0 saturated carbocycles. The molecular weight excluding hydrogens is 336 g/mol. The number of hydrogen-bond acceptors (Lipinski definition) is 3. The summed E-state index contributed by atoms with van der Waals surface area (Å²) in [5.74, 6) is -0.179. The van der Waals surface area contributed by atoms with E-state index in [-0.39, 0.29) is 10.8 Å². The van der Waals surface area contributed by atoms with Gasteiger partial charge in [0.05, 0.1) is 27.9 Å². The second-order valence-electron chi connectivity index (χ2n) is 5.84. The van der Waals surface area contributed by atoms with Crippen molar-refractivity contribution >= 4 is 34.0 Å². The molecule has 6 heteroatoms. The van der Waals surface area contributed by atoms with E-state index in [1.807, 2.05) is 35.1 Å². The highest BCUT2D eigenvalue weighted by Crippen LogP contribution is 2.32. The van der Waals surface area contributed by atoms with Crippen molar-refractivity contribution < 1.29 is 4.79 Å². The Morgan fingerprint density at radius 1 is 1.08 bits per heavy atom. The number of hydrogen-bond donors (Lipinski definition) is 1. The van der Waals surface area contributed by atoms with E-state index < -0.39 is 0 Å². The number of ketones is 1. The molecule has 0 atom stereocenters. The third-order valence-electron chi connectivity index (χ3n) is 4.42. The zero-order valence-electron chi connectivity index (χ0n) is 12.9. The van der Waals surface area contributed by atoms with Gasteiger partial charge in [0.2, 0.25) is 0 Å². The Hall–Kier alpha value is -3.18. The number of aromatic amines is 1. The average Bonchev–Trinajstić information content (AvgIpc) is 2.99. The monoisotopic (exact) mass is 346 g/mol. The first-order valence-corrected chi connectivity index (χ1v) is 8.12. The Balaban J connectivity index is 1.93. The number of allylic oxidation sites excluding steroid dienone is 4. The van der Waals surface area contributed by atoms with Crippen LogP contribution in [0.1, 0.15) is 0 Å². The molecule has 1 aromatic carbocycles. The van der Waals surface area contributed by atoms with Crippen LogP contribution in [0, 0.1) is 0 Å². The van der Waals surface area contributed by atoms with E-state index in [1.165, 1.54) is 6.08 Å². The van der Waals surface area contributed by atoms with Crippen LogP contribution < -0.4 is 5.22 Å². The van der Waals surface area contributed by atoms with Gasteiger partial charge in [-0.25, -0.2) is 4.98 Å². The number of nitrogens with zero attached hydrogens (tertiary/aromatic N) is 3. The average molecular weight is 347 g/mol. The molecule has 25 heavy (non-hydrogen) atoms. The number of aromatic nitrogens is 4. The van der Waals surface area contributed by atoms with Crippen LogP contribution in [0.2, 0.25) is 0 Å². The summed E-state index contributed by atoms with van der Waals surface area (Å²) in [7, 11) is 0. The maximum atomic E-state index is 11.6. The van der Waals surface area contributed by atoms with E-state index in [1.54, 1.807) is 24.7 Å². The van der Waals surface area contributed by atoms with E-state index >= 15 is 0 Å². The SMILES string of the molecule is O=C1C=CC(=c2ccc3c4c2ncc-4ccc2cnc[nH]n3-2)C=C1Cl. The molecule has 5 rings (SSSR count). The summed E-state index contributed by atoms with van der Waals surface area (Å²) in [6.07, 6.45) is 10.3. The summed E-state index contributed by atoms with van der Waals surface area (Å²) >= 11 is 6.02. The quantitative estimate of drug-likeness (QED) is 0.532. The van der Waals surface area contributed by atoms with Gasteiger partial charge in [0, 0.05) is 22.5 Å². The molecule has 1 N–H and O–H groups in total. The standard InChI is InChI=1S/C19H11ClN4O/c20-15-7-11(2-6-17(15)25)14-4-5-16-18-12(8-22-19(14)18)1-3-13-9-21-10-23-24(13)16/h1-10H,(H,21,23). The third-order valence-corrected chi connectivity index (χ3v) is 4.72. The molecule has 0 radical (unpaired) electrons. The molecule has 120 valence electrons. The summed E-state index contributed by atoms with van der Waals surface area (Å²) in [6, 6.07) is 8.07. The minimum absolute atomic E-state index is 0.179. The van der Waals surface area contributed by atoms with Gasteiger partial charge in [-0.3, -0.25) is 19.6 Å². The molecule has 3 heterocycles. The van der Waals surface area contributed by atoms with E-state index in [4.69, 9.17) is 11.6 Å². The molecule has 0 aromatic heterocycles. The highest BCUT2D eigenvalue weighted by molar-refractivity contribution is 6.45. The number of carbonyl (C=O) groups excluding carboxylic acids is 1. The Bertz CT molecular complexity index is 1230. The lowest BCUT2D eigenvalue weighted by Crippen LogP contribution is -2.11. The molecule has 0 spiro atoms. The first kappa shape index (κ1) is 14.2. The van der Waals surface area contributed by atoms with Gasteiger partial charge >= 0.3 is 0 Å². The van der Waals surface area contributed by atoms with Crippen LogP contribution in [0.3, 0.4) is 0 Å². The Morgan fingerprint density at radius 3 is 2.88 bits per heavy atom. The van der Waals surface area contributed by atoms with E-state index in [2.05, 4.69) is 15.1 Å². The highest BCUT2D eigenvalue weighted by atomic mass is 35.5. The normalized spacial score (nSPS) is 16.8. The zero-order chi connectivity index (χ0) is 17.0. The van der Waals surface area contributed by atoms with Gasteiger partial charge in [0.15, 0.2) is 5.78 Å². The number of H-pyrrole nitrogens is 1. The molecule has 0 saturated heterocycles. The van der Waals surface area contributed by atoms with Crippen molar-refractivity contribution in [2.24, 2.45) is 0 Å². The Kier molecular flexibility index (Phi) is 2.93. The second-order valence-corrected chi connectivity index (χ2v) is 6.25. The molecule has 1 aliphatic carbocycles. The number of rotatable bonds is 0. The van der Waals surface area contributed by atoms with Gasteiger partial charge in [0.25, 0.3) is 0 Å². The van der Waals surface area contributed by atoms with Crippen LogP contribution in [-0.2, 0) is 4.79 Å². The highest BCUT2D eigenvalue weighted by Gasteiger charge is 2.17. The fraction of sp³-hybridized carbons (Fsp3) is 0. The summed E-state index contributed by atoms with van der Waals surface area (Å²) in [6.45, 7) is 0. The van der Waals surface area contributed by atoms with E-state index in [9.17, 15) is 4.79 Å². The van der Waals surface area contributed by atoms with Crippen LogP contribution in [0.25, 0.3) is 33.4 Å². The van der Waals surface area contributed by atoms with Crippen molar-refractivity contribution in [2.75, 3.05) is 0 Å². The Morgan fingerprint density at radius 2 is 2.00 bits per heavy atom. The van der Waals surface area contributed by atoms with Gasteiger partial charge in [0.1, 0.15) is 6.33 Å². The fourth-order valence-corrected chi connectivity index (χ4v) is 3.43. The fourth-order valence-electron chi connectivity index (χ4n) is 3.25. The number of nitrogens with one attached hydrogen (secondary N) is 1. The van der Waals surface area contributed by atoms with Crippen LogP contribution in [0.15, 0.2) is 66.2 Å². The topological polar surface area (TPSA) is 63.6 Å². The maximum Gasteiger partial charge on any atom is 0.197 e. The molecule has 1 aromatic rings. The lowest BCUT2D eigenvalue weighted by atomic mass is 10.0. The van der Waals surface area contributed by atoms with Gasteiger partial charge in [-0.15, -0.1) is 0 Å². The van der Waals surface area contributed by atoms with Gasteiger partial charge < -0.3 is 0 Å². The van der Waals surface area contributed by atoms with Crippen molar-refractivity contribution in [1.29, 1.82) is 0 Å². The second kappa shape index (κ2) is 5.16. The number of carbonyl (C=O) groups is 1. The number of halogens is 1. The maximum absolute atomic E-state index is 11.6. The summed E-state index contributed by atoms with van der Waals surface area (Å²) in [4.78, 5) is 20.4. The third kappa shape index (κ3) is 2.06. The van der Waals surface area contributed by atoms with E-state index in [0.29, 0.717) is 0 Å². The zero-order valence-corrected chi connectivity index (χ0v) is 13.7. The van der Waals surface area contributed by atoms with Crippen molar-refractivity contribution in [2.45, 2.75) is 0 Å². The molecule has 0 bridgehead atoms. The molecular formula is C19H11ClN4O. The Labute approximate surface area is 147 Å². The smallest absolute Gasteiger partial charge is 0.197 e. The molecule has 0 unspecified atom stereocenters. The summed E-state index contributed by atoms with van der Waals surface area (Å²) in [5, 5.41) is 4.32. The summed E-state index contributed by atoms with van der Waals surface area (Å²) in [5.41, 5.74) is 5.78. The van der Waals surface area contributed by atoms with Gasteiger partial charge in [-0.2, -0.15) is 0 Å². The van der Waals surface area contributed by atoms with Crippen LogP contribution in [0.5, 0.6) is 0 Å². The van der Waals surface area contributed by atoms with Crippen molar-refractivity contribution in [1.82, 2.24) is 19.7 Å². The predicted octanol–water partition coefficient (Wildman–Crippen LogP) is 2.98. The number of fused-ring (bicyclic) bond motifs is 2. The molecule has 3 aliphatic heterocycles. The van der Waals surface area contributed by atoms with E-state index in [0.717, 1.165) is 38.6 Å². The molecule has 4 aliphatic rings. The van der Waals surface area contributed by atoms with Crippen LogP contribution in [0.4, 0.5) is 0 Å². The lowest BCUT2D eigenvalue weighted by Gasteiger charge is -2.10. The summed E-state index contributed by atoms with van der Waals surface area (Å²) < 4.78 is 1.97. The minimum atomic E-state index is -0.179. The first-order valence-electron chi connectivity index (χ1n) is 7.74. The first-order chi connectivity index (χ1) is 12.2. The predicted molar refractivity (Wildman–Crippen MR) is 96.5 cm³/mol. The van der Waals surface area contributed by atoms with Crippen molar-refractivity contribution in [3.8, 4) is 16.8 Å². The van der Waals surface area contributed by atoms with Gasteiger partial charge in [-0.1, -0.05) is 29.8 Å². The van der Waals surface area contributed by atoms with Gasteiger partial charge in [-0.05, 0) is 29.9 Å².